The molecule has 2 aromatic rings. The number of amides is 1. The monoisotopic (exact) mass is 522 g/mol. The SMILES string of the molecule is O=C(Nc1ccc(F)cc1C(=O)O)C1=C(O)[C@@H]2Oc3c(O)ccc4c3[C@@]23CCN(CC2CC2)[C@H](C4)[C@]3(O)C1. The number of halogens is 1. The number of carboxylic acid groups (broad SMARTS) is 1. The number of rotatable bonds is 5. The normalized spacial score (nSPS) is 31.0. The van der Waals surface area contributed by atoms with Gasteiger partial charge in [0.15, 0.2) is 17.6 Å². The lowest BCUT2D eigenvalue weighted by Crippen LogP contribution is -2.75. The molecule has 198 valence electrons. The minimum atomic E-state index is -1.49. The largest absolute Gasteiger partial charge is 0.508 e. The van der Waals surface area contributed by atoms with E-state index in [0.29, 0.717) is 30.9 Å². The highest BCUT2D eigenvalue weighted by Gasteiger charge is 2.73. The molecule has 5 N–H and O–H groups in total. The van der Waals surface area contributed by atoms with E-state index in [2.05, 4.69) is 10.2 Å². The molecule has 38 heavy (non-hydrogen) atoms. The number of hydrogen-bond acceptors (Lipinski definition) is 7. The number of likely N-dealkylation sites (tertiary alicyclic amines) is 1. The number of aliphatic hydroxyl groups is 2. The number of anilines is 1. The van der Waals surface area contributed by atoms with E-state index in [4.69, 9.17) is 4.74 Å². The van der Waals surface area contributed by atoms with Crippen molar-refractivity contribution in [2.45, 2.75) is 55.3 Å². The van der Waals surface area contributed by atoms with Gasteiger partial charge in [-0.05, 0) is 68.0 Å². The van der Waals surface area contributed by atoms with E-state index in [1.807, 2.05) is 6.07 Å². The zero-order valence-electron chi connectivity index (χ0n) is 20.4. The van der Waals surface area contributed by atoms with Crippen molar-refractivity contribution in [2.24, 2.45) is 5.92 Å². The van der Waals surface area contributed by atoms with E-state index in [1.165, 1.54) is 0 Å². The summed E-state index contributed by atoms with van der Waals surface area (Å²) in [7, 11) is 0. The number of aliphatic hydroxyl groups excluding tert-OH is 1. The van der Waals surface area contributed by atoms with Gasteiger partial charge in [-0.15, -0.1) is 0 Å². The van der Waals surface area contributed by atoms with Crippen LogP contribution in [-0.4, -0.2) is 68.0 Å². The molecule has 4 atom stereocenters. The Bertz CT molecular complexity index is 1450. The Labute approximate surface area is 217 Å². The lowest BCUT2D eigenvalue weighted by Gasteiger charge is -2.62. The summed E-state index contributed by atoms with van der Waals surface area (Å²) in [4.78, 5) is 27.5. The van der Waals surface area contributed by atoms with Crippen LogP contribution < -0.4 is 10.1 Å². The van der Waals surface area contributed by atoms with Crippen molar-refractivity contribution in [2.75, 3.05) is 18.4 Å². The molecule has 2 aromatic carbocycles. The zero-order chi connectivity index (χ0) is 26.6. The molecule has 2 fully saturated rings. The quantitative estimate of drug-likeness (QED) is 0.404. The average Bonchev–Trinajstić information content (AvgIpc) is 3.62. The second-order valence-electron chi connectivity index (χ2n) is 11.2. The first-order valence-electron chi connectivity index (χ1n) is 12.9. The number of nitrogens with one attached hydrogen (secondary N) is 1. The van der Waals surface area contributed by atoms with Gasteiger partial charge in [0.2, 0.25) is 0 Å². The van der Waals surface area contributed by atoms with E-state index in [0.717, 1.165) is 43.1 Å². The number of benzene rings is 2. The van der Waals surface area contributed by atoms with Gasteiger partial charge in [0.1, 0.15) is 11.6 Å². The van der Waals surface area contributed by atoms with Gasteiger partial charge < -0.3 is 30.5 Å². The van der Waals surface area contributed by atoms with Crippen molar-refractivity contribution in [3.63, 3.8) is 0 Å². The van der Waals surface area contributed by atoms with Crippen molar-refractivity contribution < 1.29 is 39.1 Å². The zero-order valence-corrected chi connectivity index (χ0v) is 20.4. The molecular weight excluding hydrogens is 495 g/mol. The second kappa shape index (κ2) is 7.70. The lowest BCUT2D eigenvalue weighted by molar-refractivity contribution is -0.172. The Balaban J connectivity index is 1.34. The number of ether oxygens (including phenoxy) is 1. The maximum absolute atomic E-state index is 13.7. The third kappa shape index (κ3) is 2.98. The van der Waals surface area contributed by atoms with E-state index >= 15 is 0 Å². The van der Waals surface area contributed by atoms with Gasteiger partial charge in [0.05, 0.1) is 27.8 Å². The smallest absolute Gasteiger partial charge is 0.337 e. The highest BCUT2D eigenvalue weighted by atomic mass is 19.1. The third-order valence-corrected chi connectivity index (χ3v) is 9.25. The molecule has 0 unspecified atom stereocenters. The molecule has 0 aromatic heterocycles. The number of carbonyl (C=O) groups excluding carboxylic acids is 1. The van der Waals surface area contributed by atoms with Crippen LogP contribution in [0.1, 0.15) is 47.2 Å². The van der Waals surface area contributed by atoms with E-state index < -0.39 is 40.4 Å². The molecule has 0 radical (unpaired) electrons. The number of piperidine rings is 1. The first kappa shape index (κ1) is 23.5. The fourth-order valence-corrected chi connectivity index (χ4v) is 7.37. The predicted molar refractivity (Wildman–Crippen MR) is 132 cm³/mol. The molecule has 1 saturated heterocycles. The van der Waals surface area contributed by atoms with Gasteiger partial charge >= 0.3 is 5.97 Å². The summed E-state index contributed by atoms with van der Waals surface area (Å²) in [5, 5.41) is 46.7. The Hall–Kier alpha value is -3.63. The van der Waals surface area contributed by atoms with E-state index in [9.17, 15) is 34.4 Å². The maximum atomic E-state index is 13.7. The Morgan fingerprint density at radius 1 is 1.18 bits per heavy atom. The summed E-state index contributed by atoms with van der Waals surface area (Å²) >= 11 is 0. The van der Waals surface area contributed by atoms with Gasteiger partial charge in [-0.2, -0.15) is 0 Å². The predicted octanol–water partition coefficient (Wildman–Crippen LogP) is 2.85. The molecule has 2 bridgehead atoms. The van der Waals surface area contributed by atoms with Crippen molar-refractivity contribution in [1.82, 2.24) is 4.90 Å². The van der Waals surface area contributed by atoms with Gasteiger partial charge in [-0.25, -0.2) is 9.18 Å². The fraction of sp³-hybridized carbons (Fsp3) is 0.429. The number of nitrogens with zero attached hydrogens (tertiary/aromatic N) is 1. The minimum absolute atomic E-state index is 0.0926. The summed E-state index contributed by atoms with van der Waals surface area (Å²) in [6.45, 7) is 1.52. The summed E-state index contributed by atoms with van der Waals surface area (Å²) in [6.07, 6.45) is 1.98. The standard InChI is InChI=1S/C28H27FN2O7/c29-15-4-5-18(16(10-15)26(35)36)30-25(34)17-11-28(37)20-9-14-3-6-19(32)23-21(14)27(28,24(38-23)22(17)33)7-8-31(20)12-13-1-2-13/h3-6,10,13,20,24,32-33,37H,1-2,7-9,11-12H2,(H,30,34)(H,35,36)/t20-,24+,27+,28-/m1/s1. The van der Waals surface area contributed by atoms with Crippen molar-refractivity contribution in [3.05, 3.63) is 64.2 Å². The first-order valence-corrected chi connectivity index (χ1v) is 12.9. The summed E-state index contributed by atoms with van der Waals surface area (Å²) in [5.41, 5.74) is -1.58. The summed E-state index contributed by atoms with van der Waals surface area (Å²) in [5.74, 6) is -2.65. The van der Waals surface area contributed by atoms with Gasteiger partial charge in [0.25, 0.3) is 5.91 Å². The van der Waals surface area contributed by atoms with Crippen LogP contribution in [0.15, 0.2) is 41.7 Å². The Morgan fingerprint density at radius 2 is 1.97 bits per heavy atom. The van der Waals surface area contributed by atoms with E-state index in [1.54, 1.807) is 6.07 Å². The van der Waals surface area contributed by atoms with Crippen molar-refractivity contribution in [1.29, 1.82) is 0 Å². The van der Waals surface area contributed by atoms with Crippen LogP contribution in [0.3, 0.4) is 0 Å². The topological polar surface area (TPSA) is 140 Å². The van der Waals surface area contributed by atoms with Crippen LogP contribution in [0.4, 0.5) is 10.1 Å². The molecule has 2 heterocycles. The van der Waals surface area contributed by atoms with E-state index in [-0.39, 0.29) is 41.0 Å². The molecule has 10 heteroatoms. The number of phenolic OH excluding ortho intramolecular Hbond substituents is 1. The number of carbonyl (C=O) groups is 2. The molecule has 5 aliphatic rings. The maximum Gasteiger partial charge on any atom is 0.337 e. The Kier molecular flexibility index (Phi) is 4.76. The van der Waals surface area contributed by atoms with Crippen LogP contribution in [0.5, 0.6) is 11.5 Å². The number of aromatic hydroxyl groups is 1. The number of hydrogen-bond donors (Lipinski definition) is 5. The molecule has 7 rings (SSSR count). The summed E-state index contributed by atoms with van der Waals surface area (Å²) < 4.78 is 19.9. The number of phenols is 1. The average molecular weight is 523 g/mol. The first-order chi connectivity index (χ1) is 18.1. The van der Waals surface area contributed by atoms with Crippen LogP contribution in [0.2, 0.25) is 0 Å². The van der Waals surface area contributed by atoms with Crippen molar-refractivity contribution in [3.8, 4) is 11.5 Å². The highest BCUT2D eigenvalue weighted by Crippen LogP contribution is 2.66. The van der Waals surface area contributed by atoms with Crippen molar-refractivity contribution >= 4 is 17.6 Å². The van der Waals surface area contributed by atoms with Crippen LogP contribution in [-0.2, 0) is 16.6 Å². The van der Waals surface area contributed by atoms with Crippen LogP contribution >= 0.6 is 0 Å². The molecular formula is C28H27FN2O7. The fourth-order valence-electron chi connectivity index (χ4n) is 7.37. The Morgan fingerprint density at radius 3 is 2.71 bits per heavy atom. The van der Waals surface area contributed by atoms with Gasteiger partial charge in [0, 0.05) is 24.6 Å². The molecule has 2 aliphatic heterocycles. The van der Waals surface area contributed by atoms with Crippen LogP contribution in [0.25, 0.3) is 0 Å². The van der Waals surface area contributed by atoms with Crippen LogP contribution in [0, 0.1) is 11.7 Å². The van der Waals surface area contributed by atoms with Gasteiger partial charge in [-0.3, -0.25) is 9.69 Å². The minimum Gasteiger partial charge on any atom is -0.508 e. The number of aromatic carboxylic acids is 1. The second-order valence-corrected chi connectivity index (χ2v) is 11.2. The molecule has 3 aliphatic carbocycles. The molecule has 1 amide bonds. The number of carboxylic acids is 1. The molecule has 9 nitrogen and oxygen atoms in total. The molecule has 1 saturated carbocycles. The lowest BCUT2D eigenvalue weighted by atomic mass is 9.49. The third-order valence-electron chi connectivity index (χ3n) is 9.25. The summed E-state index contributed by atoms with van der Waals surface area (Å²) in [6, 6.07) is 6.04. The highest BCUT2D eigenvalue weighted by molar-refractivity contribution is 6.08. The van der Waals surface area contributed by atoms with Gasteiger partial charge in [-0.1, -0.05) is 6.07 Å². The molecule has 1 spiro atoms.